The Labute approximate surface area is 169 Å². The Kier molecular flexibility index (Phi) is 7.35. The van der Waals surface area contributed by atoms with Gasteiger partial charge in [-0.05, 0) is 18.2 Å². The molecule has 0 unspecified atom stereocenters. The first kappa shape index (κ1) is 20.0. The lowest BCUT2D eigenvalue weighted by molar-refractivity contribution is 0.0322. The maximum Gasteiger partial charge on any atom is 0.253 e. The van der Waals surface area contributed by atoms with E-state index in [1.54, 1.807) is 18.2 Å². The van der Waals surface area contributed by atoms with E-state index in [0.717, 1.165) is 44.2 Å². The summed E-state index contributed by atoms with van der Waals surface area (Å²) in [5, 5.41) is 3.49. The van der Waals surface area contributed by atoms with Gasteiger partial charge in [-0.25, -0.2) is 0 Å². The van der Waals surface area contributed by atoms with Crippen molar-refractivity contribution in [1.82, 2.24) is 10.2 Å². The van der Waals surface area contributed by atoms with Crippen LogP contribution in [0.1, 0.15) is 15.9 Å². The van der Waals surface area contributed by atoms with Gasteiger partial charge in [0.1, 0.15) is 12.4 Å². The molecule has 1 saturated heterocycles. The first-order valence-electron chi connectivity index (χ1n) is 8.88. The van der Waals surface area contributed by atoms with Crippen LogP contribution in [0.5, 0.6) is 5.75 Å². The Morgan fingerprint density at radius 1 is 1.11 bits per heavy atom. The molecule has 1 N–H and O–H groups in total. The van der Waals surface area contributed by atoms with Gasteiger partial charge in [0, 0.05) is 31.7 Å². The molecule has 5 nitrogen and oxygen atoms in total. The molecule has 3 rings (SSSR count). The lowest BCUT2D eigenvalue weighted by Crippen LogP contribution is -2.38. The van der Waals surface area contributed by atoms with Crippen molar-refractivity contribution in [2.75, 3.05) is 39.5 Å². The fourth-order valence-corrected chi connectivity index (χ4v) is 3.24. The predicted octanol–water partition coefficient (Wildman–Crippen LogP) is 3.63. The molecular weight excluding hydrogens is 387 g/mol. The number of amides is 1. The summed E-state index contributed by atoms with van der Waals surface area (Å²) in [4.78, 5) is 14.7. The normalized spacial score (nSPS) is 14.7. The molecule has 1 aliphatic heterocycles. The second-order valence-electron chi connectivity index (χ2n) is 6.19. The van der Waals surface area contributed by atoms with Crippen molar-refractivity contribution >= 4 is 29.1 Å². The van der Waals surface area contributed by atoms with Crippen molar-refractivity contribution < 1.29 is 14.3 Å². The van der Waals surface area contributed by atoms with Crippen molar-refractivity contribution in [3.05, 3.63) is 63.6 Å². The van der Waals surface area contributed by atoms with E-state index in [9.17, 15) is 4.79 Å². The van der Waals surface area contributed by atoms with Gasteiger partial charge in [-0.3, -0.25) is 9.69 Å². The van der Waals surface area contributed by atoms with Crippen molar-refractivity contribution in [2.45, 2.75) is 6.54 Å². The molecule has 0 saturated carbocycles. The molecule has 0 bridgehead atoms. The van der Waals surface area contributed by atoms with E-state index in [1.165, 1.54) is 0 Å². The highest BCUT2D eigenvalue weighted by Gasteiger charge is 2.14. The van der Waals surface area contributed by atoms with E-state index in [1.807, 2.05) is 24.3 Å². The topological polar surface area (TPSA) is 50.8 Å². The van der Waals surface area contributed by atoms with Crippen molar-refractivity contribution in [3.63, 3.8) is 0 Å². The molecular formula is C20H22Cl2N2O3. The van der Waals surface area contributed by atoms with Crippen LogP contribution in [-0.4, -0.2) is 50.3 Å². The second kappa shape index (κ2) is 9.95. The SMILES string of the molecule is O=C(NCc1ccccc1OCCN1CCOCC1)c1cccc(Cl)c1Cl. The van der Waals surface area contributed by atoms with E-state index in [0.29, 0.717) is 23.7 Å². The van der Waals surface area contributed by atoms with Gasteiger partial charge in [0.15, 0.2) is 0 Å². The number of nitrogens with one attached hydrogen (secondary N) is 1. The third-order valence-electron chi connectivity index (χ3n) is 4.38. The number of carbonyl (C=O) groups excluding carboxylic acids is 1. The zero-order valence-electron chi connectivity index (χ0n) is 14.9. The minimum absolute atomic E-state index is 0.256. The highest BCUT2D eigenvalue weighted by Crippen LogP contribution is 2.25. The summed E-state index contributed by atoms with van der Waals surface area (Å²) in [6, 6.07) is 12.7. The molecule has 1 aliphatic rings. The second-order valence-corrected chi connectivity index (χ2v) is 6.98. The first-order valence-corrected chi connectivity index (χ1v) is 9.64. The van der Waals surface area contributed by atoms with Crippen molar-refractivity contribution in [2.24, 2.45) is 0 Å². The fraction of sp³-hybridized carbons (Fsp3) is 0.350. The minimum atomic E-state index is -0.273. The summed E-state index contributed by atoms with van der Waals surface area (Å²) < 4.78 is 11.3. The van der Waals surface area contributed by atoms with Gasteiger partial charge < -0.3 is 14.8 Å². The zero-order chi connectivity index (χ0) is 19.1. The van der Waals surface area contributed by atoms with Crippen LogP contribution in [0.25, 0.3) is 0 Å². The van der Waals surface area contributed by atoms with Gasteiger partial charge in [-0.15, -0.1) is 0 Å². The summed E-state index contributed by atoms with van der Waals surface area (Å²) >= 11 is 12.1. The largest absolute Gasteiger partial charge is 0.492 e. The van der Waals surface area contributed by atoms with E-state index in [2.05, 4.69) is 10.2 Å². The first-order chi connectivity index (χ1) is 13.1. The molecule has 0 atom stereocenters. The van der Waals surface area contributed by atoms with E-state index in [4.69, 9.17) is 32.7 Å². The minimum Gasteiger partial charge on any atom is -0.492 e. The summed E-state index contributed by atoms with van der Waals surface area (Å²) in [6.07, 6.45) is 0. The maximum atomic E-state index is 12.4. The number of carbonyl (C=O) groups is 1. The van der Waals surface area contributed by atoms with Crippen molar-refractivity contribution in [3.8, 4) is 5.75 Å². The molecule has 0 aliphatic carbocycles. The van der Waals surface area contributed by atoms with Gasteiger partial charge in [0.2, 0.25) is 0 Å². The van der Waals surface area contributed by atoms with Crippen LogP contribution < -0.4 is 10.1 Å². The average molecular weight is 409 g/mol. The number of morpholine rings is 1. The van der Waals surface area contributed by atoms with E-state index < -0.39 is 0 Å². The number of benzene rings is 2. The summed E-state index contributed by atoms with van der Waals surface area (Å²) in [5.41, 5.74) is 1.26. The smallest absolute Gasteiger partial charge is 0.253 e. The van der Waals surface area contributed by atoms with E-state index >= 15 is 0 Å². The lowest BCUT2D eigenvalue weighted by Gasteiger charge is -2.26. The number of rotatable bonds is 7. The van der Waals surface area contributed by atoms with Crippen LogP contribution in [0, 0.1) is 0 Å². The third-order valence-corrected chi connectivity index (χ3v) is 5.20. The standard InChI is InChI=1S/C20H22Cl2N2O3/c21-17-6-3-5-16(19(17)22)20(25)23-14-15-4-1-2-7-18(15)27-13-10-24-8-11-26-12-9-24/h1-7H,8-14H2,(H,23,25). The van der Waals surface area contributed by atoms with Crippen molar-refractivity contribution in [1.29, 1.82) is 0 Å². The molecule has 1 fully saturated rings. The Balaban J connectivity index is 1.55. The molecule has 0 spiro atoms. The van der Waals surface area contributed by atoms with Gasteiger partial charge in [-0.1, -0.05) is 47.5 Å². The molecule has 2 aromatic carbocycles. The summed E-state index contributed by atoms with van der Waals surface area (Å²) in [5.74, 6) is 0.494. The lowest BCUT2D eigenvalue weighted by atomic mass is 10.1. The third kappa shape index (κ3) is 5.59. The highest BCUT2D eigenvalue weighted by molar-refractivity contribution is 6.43. The van der Waals surface area contributed by atoms with Gasteiger partial charge >= 0.3 is 0 Å². The Bertz CT molecular complexity index is 780. The molecule has 1 amide bonds. The average Bonchev–Trinajstić information content (AvgIpc) is 2.70. The van der Waals surface area contributed by atoms with Crippen LogP contribution in [0.2, 0.25) is 10.0 Å². The summed E-state index contributed by atoms with van der Waals surface area (Å²) in [7, 11) is 0. The predicted molar refractivity (Wildman–Crippen MR) is 107 cm³/mol. The van der Waals surface area contributed by atoms with Crippen LogP contribution in [-0.2, 0) is 11.3 Å². The number of hydrogen-bond donors (Lipinski definition) is 1. The fourth-order valence-electron chi connectivity index (χ4n) is 2.85. The highest BCUT2D eigenvalue weighted by atomic mass is 35.5. The van der Waals surface area contributed by atoms with Gasteiger partial charge in [0.05, 0.1) is 28.8 Å². The van der Waals surface area contributed by atoms with Crippen LogP contribution in [0.3, 0.4) is 0 Å². The molecule has 27 heavy (non-hydrogen) atoms. The molecule has 2 aromatic rings. The number of hydrogen-bond acceptors (Lipinski definition) is 4. The van der Waals surface area contributed by atoms with Gasteiger partial charge in [-0.2, -0.15) is 0 Å². The Morgan fingerprint density at radius 3 is 2.70 bits per heavy atom. The quantitative estimate of drug-likeness (QED) is 0.759. The van der Waals surface area contributed by atoms with Crippen LogP contribution >= 0.6 is 23.2 Å². The zero-order valence-corrected chi connectivity index (χ0v) is 16.4. The maximum absolute atomic E-state index is 12.4. The Hall–Kier alpha value is -1.79. The van der Waals surface area contributed by atoms with Crippen LogP contribution in [0.4, 0.5) is 0 Å². The van der Waals surface area contributed by atoms with E-state index in [-0.39, 0.29) is 10.9 Å². The summed E-state index contributed by atoms with van der Waals surface area (Å²) in [6.45, 7) is 5.19. The number of ether oxygens (including phenoxy) is 2. The molecule has 144 valence electrons. The molecule has 1 heterocycles. The molecule has 7 heteroatoms. The van der Waals surface area contributed by atoms with Gasteiger partial charge in [0.25, 0.3) is 5.91 Å². The molecule has 0 radical (unpaired) electrons. The Morgan fingerprint density at radius 2 is 1.89 bits per heavy atom. The number of para-hydroxylation sites is 1. The molecule has 0 aromatic heterocycles. The number of halogens is 2. The van der Waals surface area contributed by atoms with Crippen LogP contribution in [0.15, 0.2) is 42.5 Å². The number of nitrogens with zero attached hydrogens (tertiary/aromatic N) is 1. The monoisotopic (exact) mass is 408 g/mol.